The molecule has 0 unspecified atom stereocenters. The third-order valence-corrected chi connectivity index (χ3v) is 5.21. The first kappa shape index (κ1) is 20.8. The van der Waals surface area contributed by atoms with Crippen molar-refractivity contribution in [3.63, 3.8) is 0 Å². The van der Waals surface area contributed by atoms with Gasteiger partial charge >= 0.3 is 5.97 Å². The summed E-state index contributed by atoms with van der Waals surface area (Å²) < 4.78 is 19.3. The summed E-state index contributed by atoms with van der Waals surface area (Å²) in [5, 5.41) is 5.05. The number of carbonyl (C=O) groups is 1. The molecular formula is C21H19Cl2N3O4. The zero-order valence-electron chi connectivity index (χ0n) is 15.9. The molecule has 0 spiro atoms. The van der Waals surface area contributed by atoms with E-state index in [2.05, 4.69) is 10.1 Å². The van der Waals surface area contributed by atoms with Crippen LogP contribution in [-0.4, -0.2) is 40.1 Å². The Morgan fingerprint density at radius 2 is 2.07 bits per heavy atom. The Balaban J connectivity index is 1.45. The highest BCUT2D eigenvalue weighted by molar-refractivity contribution is 6.35. The van der Waals surface area contributed by atoms with Crippen LogP contribution in [0.2, 0.25) is 10.0 Å². The predicted octanol–water partition coefficient (Wildman–Crippen LogP) is 3.64. The van der Waals surface area contributed by atoms with E-state index in [0.29, 0.717) is 15.6 Å². The van der Waals surface area contributed by atoms with Crippen molar-refractivity contribution in [1.82, 2.24) is 14.8 Å². The van der Waals surface area contributed by atoms with Crippen LogP contribution in [0.15, 0.2) is 61.2 Å². The van der Waals surface area contributed by atoms with Crippen molar-refractivity contribution >= 4 is 29.2 Å². The van der Waals surface area contributed by atoms with E-state index >= 15 is 0 Å². The summed E-state index contributed by atoms with van der Waals surface area (Å²) in [5.41, 5.74) is 1.50. The molecule has 0 aliphatic carbocycles. The Labute approximate surface area is 183 Å². The van der Waals surface area contributed by atoms with Crippen LogP contribution in [0.5, 0.6) is 0 Å². The van der Waals surface area contributed by atoms with E-state index in [0.717, 1.165) is 5.56 Å². The first-order chi connectivity index (χ1) is 14.5. The summed E-state index contributed by atoms with van der Waals surface area (Å²) >= 11 is 12.5. The molecule has 2 atom stereocenters. The van der Waals surface area contributed by atoms with Crippen molar-refractivity contribution < 1.29 is 19.0 Å². The maximum Gasteiger partial charge on any atom is 0.310 e. The molecule has 30 heavy (non-hydrogen) atoms. The highest BCUT2D eigenvalue weighted by Crippen LogP contribution is 2.40. The fourth-order valence-electron chi connectivity index (χ4n) is 3.28. The Morgan fingerprint density at radius 3 is 2.80 bits per heavy atom. The Hall–Kier alpha value is -2.45. The summed E-state index contributed by atoms with van der Waals surface area (Å²) in [7, 11) is 0. The van der Waals surface area contributed by atoms with Gasteiger partial charge in [-0.05, 0) is 17.7 Å². The maximum absolute atomic E-state index is 12.2. The number of carbonyl (C=O) groups excluding carboxylic acids is 1. The average Bonchev–Trinajstić information content (AvgIpc) is 3.38. The highest BCUT2D eigenvalue weighted by Gasteiger charge is 2.45. The first-order valence-corrected chi connectivity index (χ1v) is 10.1. The van der Waals surface area contributed by atoms with Gasteiger partial charge < -0.3 is 14.2 Å². The molecule has 1 aromatic heterocycles. The van der Waals surface area contributed by atoms with Crippen LogP contribution in [0, 0.1) is 0 Å². The lowest BCUT2D eigenvalue weighted by Crippen LogP contribution is -2.35. The Kier molecular flexibility index (Phi) is 6.34. The number of aromatic nitrogens is 3. The number of hydrogen-bond donors (Lipinski definition) is 0. The molecule has 0 amide bonds. The van der Waals surface area contributed by atoms with Crippen molar-refractivity contribution in [3.8, 4) is 0 Å². The largest absolute Gasteiger partial charge is 0.463 e. The van der Waals surface area contributed by atoms with Crippen LogP contribution in [0.3, 0.4) is 0 Å². The van der Waals surface area contributed by atoms with Gasteiger partial charge in [0.2, 0.25) is 5.79 Å². The summed E-state index contributed by atoms with van der Waals surface area (Å²) in [5.74, 6) is -1.53. The first-order valence-electron chi connectivity index (χ1n) is 9.33. The molecule has 7 nitrogen and oxygen atoms in total. The van der Waals surface area contributed by atoms with Crippen molar-refractivity contribution in [1.29, 1.82) is 0 Å². The standard InChI is InChI=1S/C21H19Cl2N3O4/c22-16-6-7-18(19(23)9-16)21(12-26-14-24-13-25-26)29-11-17(30-21)10-28-20(27)8-15-4-2-1-3-5-15/h1-7,9,13-14,17H,8,10-12H2/t17-,21-/m0/s1. The van der Waals surface area contributed by atoms with Crippen LogP contribution in [0.4, 0.5) is 0 Å². The molecule has 2 aromatic carbocycles. The zero-order valence-corrected chi connectivity index (χ0v) is 17.4. The predicted molar refractivity (Wildman–Crippen MR) is 110 cm³/mol. The van der Waals surface area contributed by atoms with Gasteiger partial charge in [0.15, 0.2) is 0 Å². The van der Waals surface area contributed by atoms with Gasteiger partial charge in [-0.1, -0.05) is 59.6 Å². The lowest BCUT2D eigenvalue weighted by atomic mass is 10.1. The minimum Gasteiger partial charge on any atom is -0.463 e. The second-order valence-corrected chi connectivity index (χ2v) is 7.71. The lowest BCUT2D eigenvalue weighted by molar-refractivity contribution is -0.194. The minimum absolute atomic E-state index is 0.0655. The molecule has 0 radical (unpaired) electrons. The quantitative estimate of drug-likeness (QED) is 0.514. The van der Waals surface area contributed by atoms with Gasteiger partial charge in [0.1, 0.15) is 31.9 Å². The van der Waals surface area contributed by atoms with Crippen LogP contribution in [0.1, 0.15) is 11.1 Å². The molecule has 3 aromatic rings. The minimum atomic E-state index is -1.20. The van der Waals surface area contributed by atoms with Crippen molar-refractivity contribution in [2.75, 3.05) is 13.2 Å². The van der Waals surface area contributed by atoms with E-state index in [-0.39, 0.29) is 32.1 Å². The molecule has 0 N–H and O–H groups in total. The van der Waals surface area contributed by atoms with E-state index in [1.54, 1.807) is 29.2 Å². The van der Waals surface area contributed by atoms with Gasteiger partial charge in [-0.2, -0.15) is 5.10 Å². The fraction of sp³-hybridized carbons (Fsp3) is 0.286. The summed E-state index contributed by atoms with van der Waals surface area (Å²) in [6.45, 7) is 0.519. The van der Waals surface area contributed by atoms with Gasteiger partial charge in [-0.3, -0.25) is 4.79 Å². The van der Waals surface area contributed by atoms with E-state index in [4.69, 9.17) is 37.4 Å². The SMILES string of the molecule is O=C(Cc1ccccc1)OC[C@H]1CO[C@](Cn2cncn2)(c2ccc(Cl)cc2Cl)O1. The summed E-state index contributed by atoms with van der Waals surface area (Å²) in [6, 6.07) is 14.5. The number of ether oxygens (including phenoxy) is 3. The number of benzene rings is 2. The fourth-order valence-corrected chi connectivity index (χ4v) is 3.83. The van der Waals surface area contributed by atoms with Crippen molar-refractivity contribution in [2.24, 2.45) is 0 Å². The van der Waals surface area contributed by atoms with Crippen molar-refractivity contribution in [3.05, 3.63) is 82.4 Å². The highest BCUT2D eigenvalue weighted by atomic mass is 35.5. The molecule has 9 heteroatoms. The number of rotatable bonds is 7. The van der Waals surface area contributed by atoms with Gasteiger partial charge in [0.25, 0.3) is 0 Å². The number of esters is 1. The third-order valence-electron chi connectivity index (χ3n) is 4.66. The molecular weight excluding hydrogens is 429 g/mol. The summed E-state index contributed by atoms with van der Waals surface area (Å²) in [6.07, 6.45) is 2.72. The van der Waals surface area contributed by atoms with Gasteiger partial charge in [0, 0.05) is 10.6 Å². The lowest BCUT2D eigenvalue weighted by Gasteiger charge is -2.29. The van der Waals surface area contributed by atoms with Crippen molar-refractivity contribution in [2.45, 2.75) is 24.9 Å². The second-order valence-electron chi connectivity index (χ2n) is 6.87. The zero-order chi connectivity index (χ0) is 21.0. The molecule has 0 saturated carbocycles. The van der Waals surface area contributed by atoms with Gasteiger partial charge in [-0.15, -0.1) is 0 Å². The van der Waals surface area contributed by atoms with E-state index in [1.165, 1.54) is 6.33 Å². The Bertz CT molecular complexity index is 1000. The smallest absolute Gasteiger partial charge is 0.310 e. The molecule has 1 saturated heterocycles. The Morgan fingerprint density at radius 1 is 1.23 bits per heavy atom. The van der Waals surface area contributed by atoms with E-state index in [1.807, 2.05) is 30.3 Å². The monoisotopic (exact) mass is 447 g/mol. The molecule has 156 valence electrons. The van der Waals surface area contributed by atoms with E-state index < -0.39 is 11.9 Å². The van der Waals surface area contributed by atoms with Crippen LogP contribution in [0.25, 0.3) is 0 Å². The molecule has 1 fully saturated rings. The molecule has 2 heterocycles. The number of hydrogen-bond acceptors (Lipinski definition) is 6. The van der Waals surface area contributed by atoms with Crippen LogP contribution in [-0.2, 0) is 37.8 Å². The topological polar surface area (TPSA) is 75.5 Å². The van der Waals surface area contributed by atoms with Gasteiger partial charge in [-0.25, -0.2) is 9.67 Å². The maximum atomic E-state index is 12.2. The van der Waals surface area contributed by atoms with Crippen LogP contribution >= 0.6 is 23.2 Å². The summed E-state index contributed by atoms with van der Waals surface area (Å²) in [4.78, 5) is 16.1. The molecule has 0 bridgehead atoms. The van der Waals surface area contributed by atoms with Gasteiger partial charge in [0.05, 0.1) is 18.1 Å². The third kappa shape index (κ3) is 4.82. The van der Waals surface area contributed by atoms with Crippen LogP contribution < -0.4 is 0 Å². The average molecular weight is 448 g/mol. The number of halogens is 2. The molecule has 1 aliphatic heterocycles. The molecule has 4 rings (SSSR count). The normalized spacial score (nSPS) is 20.9. The molecule has 1 aliphatic rings. The number of nitrogens with zero attached hydrogens (tertiary/aromatic N) is 3. The van der Waals surface area contributed by atoms with E-state index in [9.17, 15) is 4.79 Å². The second kappa shape index (κ2) is 9.14.